The third-order valence-corrected chi connectivity index (χ3v) is 29.9. The van der Waals surface area contributed by atoms with E-state index >= 15 is 0 Å². The van der Waals surface area contributed by atoms with Crippen molar-refractivity contribution in [2.24, 2.45) is 35.5 Å². The molecule has 6 fully saturated rings. The minimum atomic E-state index is -1.15. The Morgan fingerprint density at radius 1 is 0.301 bits per heavy atom. The van der Waals surface area contributed by atoms with Gasteiger partial charge >= 0.3 is 35.8 Å². The Morgan fingerprint density at radius 3 is 1.06 bits per heavy atom. The summed E-state index contributed by atoms with van der Waals surface area (Å²) in [5, 5.41) is 26.1. The number of aryl methyl sites for hydroxylation is 4. The number of nitrogens with one attached hydrogen (secondary N) is 6. The molecule has 0 bridgehead atoms. The summed E-state index contributed by atoms with van der Waals surface area (Å²) < 4.78 is 56.5. The van der Waals surface area contributed by atoms with Crippen molar-refractivity contribution in [3.05, 3.63) is 232 Å². The van der Waals surface area contributed by atoms with Gasteiger partial charge in [-0.05, 0) is 377 Å². The van der Waals surface area contributed by atoms with Crippen LogP contribution in [0.2, 0.25) is 0 Å². The number of ketones is 2. The van der Waals surface area contributed by atoms with Crippen molar-refractivity contribution in [1.82, 2.24) is 31.9 Å². The van der Waals surface area contributed by atoms with Gasteiger partial charge in [0.1, 0.15) is 56.4 Å². The molecule has 24 nitrogen and oxygen atoms in total. The molecule has 6 heterocycles. The van der Waals surface area contributed by atoms with E-state index < -0.39 is 33.6 Å². The highest BCUT2D eigenvalue weighted by Crippen LogP contribution is 2.41. The second kappa shape index (κ2) is 53.2. The molecule has 6 N–H and O–H groups in total. The molecule has 6 saturated heterocycles. The molecule has 143 heavy (non-hydrogen) atoms. The lowest BCUT2D eigenvalue weighted by molar-refractivity contribution is -0.187. The molecular formula is C119H162N6O18. The molecule has 0 amide bonds. The van der Waals surface area contributed by atoms with Crippen LogP contribution in [0.5, 0.6) is 17.2 Å². The Balaban J connectivity index is 0.000000176. The number of rotatable bonds is 30. The minimum absolute atomic E-state index is 0.0124. The summed E-state index contributed by atoms with van der Waals surface area (Å²) in [5.41, 5.74) is 5.04. The lowest BCUT2D eigenvalue weighted by atomic mass is 9.83. The quantitative estimate of drug-likeness (QED) is 0.0138. The molecule has 1 unspecified atom stereocenters. The SMILES string of the molecule is COC(C)(C(=O)OC(C)(C)C1CCNCC1)c1cccc2ccccc12.COc1ccc(C(=O)CCC(=O)OC(C)(C)C2CCNCC2)cc1.COc1ccc2cc(C(=O)OC(C)(C)C3CCNCC3)ccc2c1.COc1ccc2ccccc2c1C(=O)OC(C)(C)C1CCNCC1.Cc1cc(C)c(CC(=O)OC(C)(C)C2CCNCC2)c(C)c1.Cc1ccc(C(=O)CCC(=O)OC(C)(C)C2CCNCC2)cc1. The first-order valence-corrected chi connectivity index (χ1v) is 51.6. The summed E-state index contributed by atoms with van der Waals surface area (Å²) in [6.45, 7) is 45.8. The zero-order valence-corrected chi connectivity index (χ0v) is 89.1. The second-order valence-electron chi connectivity index (χ2n) is 42.4. The Morgan fingerprint density at radius 2 is 0.643 bits per heavy atom. The van der Waals surface area contributed by atoms with E-state index in [1.165, 1.54) is 16.7 Å². The number of methoxy groups -OCH3 is 4. The van der Waals surface area contributed by atoms with Gasteiger partial charge in [0.2, 0.25) is 0 Å². The van der Waals surface area contributed by atoms with Gasteiger partial charge in [-0.1, -0.05) is 132 Å². The maximum Gasteiger partial charge on any atom is 0.343 e. The van der Waals surface area contributed by atoms with Crippen molar-refractivity contribution in [1.29, 1.82) is 0 Å². The predicted molar refractivity (Wildman–Crippen MR) is 568 cm³/mol. The Bertz CT molecular complexity index is 5640. The third-order valence-electron chi connectivity index (χ3n) is 29.9. The normalized spacial score (nSPS) is 16.6. The van der Waals surface area contributed by atoms with Gasteiger partial charge in [0, 0.05) is 72.1 Å². The van der Waals surface area contributed by atoms with Crippen molar-refractivity contribution >= 4 is 79.7 Å². The zero-order valence-electron chi connectivity index (χ0n) is 89.1. The molecule has 6 aliphatic heterocycles. The standard InChI is InChI=1S/C22H29NO3.2C20H25NO3.C19H27NO4.C19H27NO3.C19H29NO2/c1-21(2,17-12-14-23-15-13-17)26-20(24)22(3,25-4)19-11-7-9-16-8-5-6-10-18(16)19;1-20(2,17-8-10-21-11-9-17)24-19(22)16-5-4-15-13-18(23-3)7-6-14(15)12-16;1-20(2,15-10-12-21-13-11-15)24-19(22)18-16-7-5-4-6-14(16)8-9-17(18)23-3;1-19(2,15-10-12-20-13-11-15)24-18(22)9-8-17(21)14-4-6-16(23-3)7-5-14;1-14-4-6-15(7-5-14)17(21)8-9-18(22)23-19(2,3)16-10-12-20-13-11-16;1-13-10-14(2)17(15(3)11-13)12-18(21)22-19(4,5)16-6-8-20-9-7-16/h5-11,17,23H,12-15H2,1-4H3;4-7,12-13,17,21H,8-11H2,1-3H3;4-9,15,21H,10-13H2,1-3H3;4-7,15,20H,8-13H2,1-3H3;4-7,16,20H,8-13H2,1-3H3;10-11,16,20H,6-9,12H2,1-5H3. The van der Waals surface area contributed by atoms with Crippen LogP contribution in [0.15, 0.2) is 176 Å². The molecule has 0 radical (unpaired) electrons. The minimum Gasteiger partial charge on any atom is -0.497 e. The number of ether oxygens (including phenoxy) is 10. The molecule has 6 aliphatic rings. The van der Waals surface area contributed by atoms with Gasteiger partial charge in [0.25, 0.3) is 0 Å². The molecule has 0 aliphatic carbocycles. The van der Waals surface area contributed by atoms with Gasteiger partial charge in [-0.15, -0.1) is 0 Å². The highest BCUT2D eigenvalue weighted by Gasteiger charge is 2.45. The summed E-state index contributed by atoms with van der Waals surface area (Å²) in [7, 11) is 6.38. The first-order valence-electron chi connectivity index (χ1n) is 51.6. The molecule has 0 saturated carbocycles. The third kappa shape index (κ3) is 33.0. The van der Waals surface area contributed by atoms with E-state index in [-0.39, 0.29) is 78.7 Å². The monoisotopic (exact) mass is 1960 g/mol. The molecule has 0 spiro atoms. The van der Waals surface area contributed by atoms with E-state index in [0.29, 0.717) is 75.7 Å². The van der Waals surface area contributed by atoms with Crippen LogP contribution in [-0.2, 0) is 64.4 Å². The van der Waals surface area contributed by atoms with Gasteiger partial charge < -0.3 is 79.3 Å². The number of esters is 6. The summed E-state index contributed by atoms with van der Waals surface area (Å²) in [5.74, 6) is 2.68. The topological polar surface area (TPSA) is 301 Å². The number of Topliss-reactive ketones (excluding diaryl/α,β-unsaturated/α-hetero) is 2. The van der Waals surface area contributed by atoms with E-state index in [1.807, 2.05) is 216 Å². The fourth-order valence-electron chi connectivity index (χ4n) is 20.5. The zero-order chi connectivity index (χ0) is 104. The largest absolute Gasteiger partial charge is 0.497 e. The van der Waals surface area contributed by atoms with Crippen LogP contribution in [0.1, 0.15) is 268 Å². The summed E-state index contributed by atoms with van der Waals surface area (Å²) in [6.07, 6.45) is 13.3. The van der Waals surface area contributed by atoms with Crippen LogP contribution in [0.4, 0.5) is 0 Å². The number of piperidine rings is 6. The summed E-state index contributed by atoms with van der Waals surface area (Å²) in [4.78, 5) is 99.7. The average Bonchev–Trinajstić information content (AvgIpc) is 0.711. The van der Waals surface area contributed by atoms with E-state index in [4.69, 9.17) is 47.4 Å². The molecule has 776 valence electrons. The van der Waals surface area contributed by atoms with Crippen molar-refractivity contribution < 1.29 is 85.7 Å². The Kier molecular flexibility index (Phi) is 42.4. The molecule has 9 aromatic rings. The summed E-state index contributed by atoms with van der Waals surface area (Å²) in [6, 6.07) is 55.7. The highest BCUT2D eigenvalue weighted by molar-refractivity contribution is 6.07. The smallest absolute Gasteiger partial charge is 0.343 e. The number of carbonyl (C=O) groups is 8. The molecule has 15 rings (SSSR count). The van der Waals surface area contributed by atoms with E-state index in [9.17, 15) is 38.4 Å². The van der Waals surface area contributed by atoms with Crippen LogP contribution in [0.25, 0.3) is 32.3 Å². The van der Waals surface area contributed by atoms with E-state index in [2.05, 4.69) is 78.7 Å². The maximum absolute atomic E-state index is 13.2. The number of hydrogen-bond acceptors (Lipinski definition) is 24. The van der Waals surface area contributed by atoms with Gasteiger partial charge in [-0.3, -0.25) is 24.0 Å². The number of benzene rings is 9. The van der Waals surface area contributed by atoms with Crippen molar-refractivity contribution in [3.8, 4) is 17.2 Å². The van der Waals surface area contributed by atoms with Crippen LogP contribution in [0.3, 0.4) is 0 Å². The fourth-order valence-corrected chi connectivity index (χ4v) is 20.5. The Labute approximate surface area is 849 Å². The van der Waals surface area contributed by atoms with Crippen molar-refractivity contribution in [3.63, 3.8) is 0 Å². The van der Waals surface area contributed by atoms with Crippen molar-refractivity contribution in [2.75, 3.05) is 107 Å². The van der Waals surface area contributed by atoms with Crippen LogP contribution >= 0.6 is 0 Å². The second-order valence-corrected chi connectivity index (χ2v) is 42.4. The van der Waals surface area contributed by atoms with Crippen molar-refractivity contribution in [2.45, 2.75) is 266 Å². The van der Waals surface area contributed by atoms with Crippen LogP contribution in [-0.4, -0.2) is 188 Å². The van der Waals surface area contributed by atoms with Gasteiger partial charge in [0.05, 0.1) is 46.2 Å². The fraction of sp³-hybridized carbons (Fsp3) is 0.529. The first kappa shape index (κ1) is 114. The highest BCUT2D eigenvalue weighted by atomic mass is 16.6. The van der Waals surface area contributed by atoms with Gasteiger partial charge in [-0.2, -0.15) is 0 Å². The van der Waals surface area contributed by atoms with Crippen LogP contribution in [0, 0.1) is 63.2 Å². The number of fused-ring (bicyclic) bond motifs is 3. The van der Waals surface area contributed by atoms with E-state index in [0.717, 1.165) is 210 Å². The number of hydrogen-bond donors (Lipinski definition) is 6. The number of carbonyl (C=O) groups excluding carboxylic acids is 8. The average molecular weight is 1960 g/mol. The lowest BCUT2D eigenvalue weighted by Gasteiger charge is -2.39. The summed E-state index contributed by atoms with van der Waals surface area (Å²) >= 11 is 0. The molecule has 24 heteroatoms. The molecule has 1 atom stereocenters. The molecular weight excluding hydrogens is 1800 g/mol. The first-order chi connectivity index (χ1) is 68.0. The maximum atomic E-state index is 13.2. The molecule has 9 aromatic carbocycles. The Hall–Kier alpha value is -11.0. The molecule has 0 aromatic heterocycles. The van der Waals surface area contributed by atoms with Gasteiger partial charge in [-0.25, -0.2) is 14.4 Å². The lowest BCUT2D eigenvalue weighted by Crippen LogP contribution is -2.47. The van der Waals surface area contributed by atoms with Gasteiger partial charge in [0.15, 0.2) is 17.2 Å². The van der Waals surface area contributed by atoms with Crippen LogP contribution < -0.4 is 46.1 Å². The predicted octanol–water partition coefficient (Wildman–Crippen LogP) is 21.3. The van der Waals surface area contributed by atoms with E-state index in [1.54, 1.807) is 59.6 Å².